The van der Waals surface area contributed by atoms with Gasteiger partial charge in [-0.1, -0.05) is 217 Å². The van der Waals surface area contributed by atoms with E-state index in [0.717, 1.165) is 66.4 Å². The Hall–Kier alpha value is -10.1. The van der Waals surface area contributed by atoms with E-state index in [2.05, 4.69) is 115 Å². The molecule has 0 saturated carbocycles. The van der Waals surface area contributed by atoms with Crippen molar-refractivity contribution >= 4 is 87.2 Å². The first-order chi connectivity index (χ1) is 41.0. The van der Waals surface area contributed by atoms with Gasteiger partial charge in [0.25, 0.3) is 0 Å². The van der Waals surface area contributed by atoms with Gasteiger partial charge in [0.15, 0.2) is 0 Å². The molecule has 0 bridgehead atoms. The fraction of sp³-hybridized carbons (Fsp3) is 0.0526. The quantitative estimate of drug-likeness (QED) is 0.163. The van der Waals surface area contributed by atoms with Crippen molar-refractivity contribution in [3.63, 3.8) is 0 Å². The molecular weight excluding hydrogens is 1210 g/mol. The molecule has 408 valence electrons. The van der Waals surface area contributed by atoms with Crippen molar-refractivity contribution in [1.82, 2.24) is 18.3 Å². The SMILES string of the molecule is Cc1ccc([O-])c(-n2c3ccccc3c3ccccc32)c1.Cc1ccc([O-])c(-n2c3ccccc3c3ccccc32)c1.Cc1ccc([O-])c(-n2c3ccccc3c3ccccc32)c1.Cc1ccc([O-])c(-n2c3ccccc3c3ccccc32)c1.[Hf+4]. The zero-order valence-electron chi connectivity index (χ0n) is 47.3. The van der Waals surface area contributed by atoms with Crippen LogP contribution in [-0.2, 0) is 25.8 Å². The topological polar surface area (TPSA) is 112 Å². The number of benzene rings is 12. The van der Waals surface area contributed by atoms with Crippen LogP contribution in [-0.4, -0.2) is 18.3 Å². The summed E-state index contributed by atoms with van der Waals surface area (Å²) < 4.78 is 8.28. The van der Waals surface area contributed by atoms with E-state index in [1.54, 1.807) is 24.3 Å². The molecule has 0 N–H and O–H groups in total. The van der Waals surface area contributed by atoms with Gasteiger partial charge in [0.05, 0.1) is 44.1 Å². The standard InChI is InChI=1S/4C19H15NO.Hf/c4*1-13-10-11-19(21)18(12-13)20-16-8-4-2-6-14(16)15-7-3-5-9-17(15)20;/h4*2-12,21H,1H3;/q;;;;+4/p-4. The summed E-state index contributed by atoms with van der Waals surface area (Å²) in [5.74, 6) is 0.193. The summed E-state index contributed by atoms with van der Waals surface area (Å²) in [6.07, 6.45) is 0. The fourth-order valence-corrected chi connectivity index (χ4v) is 11.9. The van der Waals surface area contributed by atoms with Gasteiger partial charge in [0, 0.05) is 65.8 Å². The Morgan fingerprint density at radius 2 is 0.341 bits per heavy atom. The van der Waals surface area contributed by atoms with Gasteiger partial charge in [0.1, 0.15) is 0 Å². The van der Waals surface area contributed by atoms with Gasteiger partial charge in [-0.05, 0) is 123 Å². The third-order valence-corrected chi connectivity index (χ3v) is 15.7. The van der Waals surface area contributed by atoms with Gasteiger partial charge >= 0.3 is 25.8 Å². The summed E-state index contributed by atoms with van der Waals surface area (Å²) in [5, 5.41) is 58.7. The summed E-state index contributed by atoms with van der Waals surface area (Å²) in [6, 6.07) is 87.6. The molecule has 0 saturated heterocycles. The average molecular weight is 1270 g/mol. The molecule has 0 aliphatic heterocycles. The maximum atomic E-state index is 12.3. The van der Waals surface area contributed by atoms with Gasteiger partial charge in [-0.3, -0.25) is 0 Å². The average Bonchev–Trinajstić information content (AvgIpc) is 3.12. The summed E-state index contributed by atoms with van der Waals surface area (Å²) in [4.78, 5) is 0. The summed E-state index contributed by atoms with van der Waals surface area (Å²) in [5.41, 5.74) is 15.8. The van der Waals surface area contributed by atoms with Crippen LogP contribution in [0.1, 0.15) is 22.3 Å². The normalized spacial score (nSPS) is 11.2. The molecule has 4 heterocycles. The fourth-order valence-electron chi connectivity index (χ4n) is 11.9. The number of para-hydroxylation sites is 8. The van der Waals surface area contributed by atoms with Crippen molar-refractivity contribution in [2.24, 2.45) is 0 Å². The largest absolute Gasteiger partial charge is 4.00 e. The molecule has 4 aromatic heterocycles. The van der Waals surface area contributed by atoms with E-state index in [4.69, 9.17) is 0 Å². The summed E-state index contributed by atoms with van der Waals surface area (Å²) in [7, 11) is 0. The van der Waals surface area contributed by atoms with E-state index in [0.29, 0.717) is 22.7 Å². The van der Waals surface area contributed by atoms with E-state index >= 15 is 0 Å². The summed E-state index contributed by atoms with van der Waals surface area (Å²) >= 11 is 0. The molecule has 0 spiro atoms. The van der Waals surface area contributed by atoms with Crippen molar-refractivity contribution in [1.29, 1.82) is 0 Å². The minimum absolute atomic E-state index is 0. The second kappa shape index (κ2) is 23.3. The Labute approximate surface area is 511 Å². The van der Waals surface area contributed by atoms with Crippen LogP contribution in [0.5, 0.6) is 23.0 Å². The van der Waals surface area contributed by atoms with E-state index in [9.17, 15) is 20.4 Å². The number of aryl methyl sites for hydroxylation is 4. The Morgan fingerprint density at radius 3 is 0.494 bits per heavy atom. The number of nitrogens with zero attached hydrogens (tertiary/aromatic N) is 4. The van der Waals surface area contributed by atoms with E-state index < -0.39 is 0 Å². The minimum atomic E-state index is 0. The zero-order chi connectivity index (χ0) is 57.6. The first kappa shape index (κ1) is 55.4. The monoisotopic (exact) mass is 1270 g/mol. The van der Waals surface area contributed by atoms with Crippen molar-refractivity contribution in [2.75, 3.05) is 0 Å². The van der Waals surface area contributed by atoms with Crippen LogP contribution in [0.2, 0.25) is 0 Å². The van der Waals surface area contributed by atoms with Crippen LogP contribution in [0.15, 0.2) is 267 Å². The van der Waals surface area contributed by atoms with Gasteiger partial charge < -0.3 is 38.7 Å². The molecular formula is C76H56HfN4O4. The van der Waals surface area contributed by atoms with E-state index in [1.165, 1.54) is 43.1 Å². The van der Waals surface area contributed by atoms with Gasteiger partial charge in [-0.15, -0.1) is 0 Å². The molecule has 12 aromatic carbocycles. The van der Waals surface area contributed by atoms with Crippen LogP contribution in [0.25, 0.3) is 110 Å². The molecule has 0 aliphatic carbocycles. The van der Waals surface area contributed by atoms with Crippen LogP contribution >= 0.6 is 0 Å². The predicted octanol–water partition coefficient (Wildman–Crippen LogP) is 16.7. The molecule has 85 heavy (non-hydrogen) atoms. The second-order valence-corrected chi connectivity index (χ2v) is 21.4. The first-order valence-corrected chi connectivity index (χ1v) is 28.1. The van der Waals surface area contributed by atoms with Crippen LogP contribution in [0, 0.1) is 27.7 Å². The van der Waals surface area contributed by atoms with Gasteiger partial charge in [-0.25, -0.2) is 0 Å². The third-order valence-electron chi connectivity index (χ3n) is 15.7. The smallest absolute Gasteiger partial charge is 0.871 e. The molecule has 9 heteroatoms. The predicted molar refractivity (Wildman–Crippen MR) is 340 cm³/mol. The van der Waals surface area contributed by atoms with Gasteiger partial charge in [0.2, 0.25) is 0 Å². The molecule has 16 aromatic rings. The third kappa shape index (κ3) is 10.2. The Kier molecular flexibility index (Phi) is 15.2. The molecule has 16 rings (SSSR count). The molecule has 0 amide bonds. The zero-order valence-corrected chi connectivity index (χ0v) is 50.9. The van der Waals surface area contributed by atoms with E-state index in [1.807, 2.05) is 173 Å². The molecule has 8 nitrogen and oxygen atoms in total. The Morgan fingerprint density at radius 1 is 0.200 bits per heavy atom. The molecule has 0 fully saturated rings. The van der Waals surface area contributed by atoms with Crippen molar-refractivity contribution in [3.05, 3.63) is 289 Å². The van der Waals surface area contributed by atoms with Gasteiger partial charge in [-0.2, -0.15) is 0 Å². The summed E-state index contributed by atoms with van der Waals surface area (Å²) in [6.45, 7) is 8.04. The minimum Gasteiger partial charge on any atom is -0.871 e. The maximum Gasteiger partial charge on any atom is 4.00 e. The maximum absolute atomic E-state index is 12.3. The van der Waals surface area contributed by atoms with Crippen molar-refractivity contribution < 1.29 is 46.3 Å². The molecule has 0 aliphatic rings. The molecule has 0 atom stereocenters. The Bertz CT molecular complexity index is 4300. The first-order valence-electron chi connectivity index (χ1n) is 28.1. The van der Waals surface area contributed by atoms with Crippen LogP contribution in [0.4, 0.5) is 0 Å². The molecule has 0 unspecified atom stereocenters. The molecule has 0 radical (unpaired) electrons. The van der Waals surface area contributed by atoms with Crippen molar-refractivity contribution in [2.45, 2.75) is 27.7 Å². The van der Waals surface area contributed by atoms with E-state index in [-0.39, 0.29) is 48.8 Å². The number of rotatable bonds is 4. The second-order valence-electron chi connectivity index (χ2n) is 21.4. The number of hydrogen-bond donors (Lipinski definition) is 0. The van der Waals surface area contributed by atoms with Crippen LogP contribution in [0.3, 0.4) is 0 Å². The number of fused-ring (bicyclic) bond motifs is 12. The van der Waals surface area contributed by atoms with Crippen LogP contribution < -0.4 is 20.4 Å². The van der Waals surface area contributed by atoms with Crippen molar-refractivity contribution in [3.8, 4) is 45.7 Å². The Balaban J connectivity index is 0.000000111. The number of hydrogen-bond acceptors (Lipinski definition) is 4. The number of aromatic nitrogens is 4.